The number of carbonyl (C=O) groups excluding carboxylic acids is 2. The number of ether oxygens (including phenoxy) is 1. The van der Waals surface area contributed by atoms with Crippen LogP contribution in [-0.2, 0) is 6.54 Å². The summed E-state index contributed by atoms with van der Waals surface area (Å²) in [6.07, 6.45) is 0. The zero-order valence-electron chi connectivity index (χ0n) is 16.0. The molecule has 1 saturated heterocycles. The standard InChI is InChI=1S/C22H21N3O3S/c1-28-19-10-8-18(9-11-19)25(15-20-3-2-14-29-20)21(26)16-4-6-17(7-5-16)24-13-12-23-22(24)27/h2-11,14H,12-13,15H2,1H3,(H,23,27). The summed E-state index contributed by atoms with van der Waals surface area (Å²) in [7, 11) is 1.62. The van der Waals surface area contributed by atoms with Crippen molar-refractivity contribution in [1.82, 2.24) is 5.32 Å². The molecule has 7 heteroatoms. The lowest BCUT2D eigenvalue weighted by molar-refractivity contribution is 0.0985. The minimum Gasteiger partial charge on any atom is -0.497 e. The highest BCUT2D eigenvalue weighted by Crippen LogP contribution is 2.25. The molecule has 2 heterocycles. The number of benzene rings is 2. The SMILES string of the molecule is COc1ccc(N(Cc2cccs2)C(=O)c2ccc(N3CCNC3=O)cc2)cc1. The van der Waals surface area contributed by atoms with Crippen molar-refractivity contribution in [2.24, 2.45) is 0 Å². The third kappa shape index (κ3) is 4.09. The number of rotatable bonds is 6. The topological polar surface area (TPSA) is 61.9 Å². The maximum Gasteiger partial charge on any atom is 0.321 e. The van der Waals surface area contributed by atoms with Crippen molar-refractivity contribution >= 4 is 34.6 Å². The second kappa shape index (κ2) is 8.36. The number of nitrogens with one attached hydrogen (secondary N) is 1. The zero-order valence-corrected chi connectivity index (χ0v) is 16.8. The van der Waals surface area contributed by atoms with Gasteiger partial charge in [0.15, 0.2) is 0 Å². The summed E-state index contributed by atoms with van der Waals surface area (Å²) in [6, 6.07) is 18.5. The summed E-state index contributed by atoms with van der Waals surface area (Å²) >= 11 is 1.62. The van der Waals surface area contributed by atoms with Crippen LogP contribution in [0.2, 0.25) is 0 Å². The highest BCUT2D eigenvalue weighted by atomic mass is 32.1. The van der Waals surface area contributed by atoms with Crippen LogP contribution in [-0.4, -0.2) is 32.1 Å². The molecule has 0 saturated carbocycles. The van der Waals surface area contributed by atoms with Crippen molar-refractivity contribution in [1.29, 1.82) is 0 Å². The summed E-state index contributed by atoms with van der Waals surface area (Å²) in [5.74, 6) is 0.645. The van der Waals surface area contributed by atoms with Crippen molar-refractivity contribution in [3.8, 4) is 5.75 Å². The minimum absolute atomic E-state index is 0.0963. The first kappa shape index (κ1) is 19.0. The van der Waals surface area contributed by atoms with Gasteiger partial charge in [0.25, 0.3) is 5.91 Å². The first-order chi connectivity index (χ1) is 14.2. The molecular weight excluding hydrogens is 386 g/mol. The fraction of sp³-hybridized carbons (Fsp3) is 0.182. The maximum absolute atomic E-state index is 13.3. The lowest BCUT2D eigenvalue weighted by Gasteiger charge is -2.23. The van der Waals surface area contributed by atoms with Gasteiger partial charge in [-0.1, -0.05) is 6.07 Å². The van der Waals surface area contributed by atoms with E-state index in [1.807, 2.05) is 53.9 Å². The Kier molecular flexibility index (Phi) is 5.48. The summed E-state index contributed by atoms with van der Waals surface area (Å²) in [6.45, 7) is 1.74. The number of urea groups is 1. The summed E-state index contributed by atoms with van der Waals surface area (Å²) < 4.78 is 5.23. The van der Waals surface area contributed by atoms with Gasteiger partial charge in [0.2, 0.25) is 0 Å². The number of thiophene rings is 1. The van der Waals surface area contributed by atoms with Gasteiger partial charge in [-0.2, -0.15) is 0 Å². The van der Waals surface area contributed by atoms with Gasteiger partial charge >= 0.3 is 6.03 Å². The van der Waals surface area contributed by atoms with Crippen LogP contribution >= 0.6 is 11.3 Å². The van der Waals surface area contributed by atoms with E-state index in [2.05, 4.69) is 5.32 Å². The van der Waals surface area contributed by atoms with Gasteiger partial charge in [-0.05, 0) is 60.0 Å². The first-order valence-corrected chi connectivity index (χ1v) is 10.2. The Balaban J connectivity index is 1.60. The van der Waals surface area contributed by atoms with Crippen molar-refractivity contribution in [3.05, 3.63) is 76.5 Å². The van der Waals surface area contributed by atoms with Crippen LogP contribution in [0.1, 0.15) is 15.2 Å². The highest BCUT2D eigenvalue weighted by molar-refractivity contribution is 7.09. The molecule has 3 aromatic rings. The highest BCUT2D eigenvalue weighted by Gasteiger charge is 2.23. The third-order valence-electron chi connectivity index (χ3n) is 4.81. The fourth-order valence-electron chi connectivity index (χ4n) is 3.26. The molecule has 0 unspecified atom stereocenters. The van der Waals surface area contributed by atoms with E-state index in [1.165, 1.54) is 0 Å². The molecule has 1 aliphatic heterocycles. The lowest BCUT2D eigenvalue weighted by atomic mass is 10.1. The van der Waals surface area contributed by atoms with Gasteiger partial charge in [0.1, 0.15) is 5.75 Å². The Labute approximate surface area is 173 Å². The van der Waals surface area contributed by atoms with Gasteiger partial charge in [-0.15, -0.1) is 11.3 Å². The molecule has 29 heavy (non-hydrogen) atoms. The number of hydrogen-bond donors (Lipinski definition) is 1. The number of carbonyl (C=O) groups is 2. The quantitative estimate of drug-likeness (QED) is 0.668. The first-order valence-electron chi connectivity index (χ1n) is 9.29. The molecule has 1 aliphatic rings. The molecule has 0 aliphatic carbocycles. The summed E-state index contributed by atoms with van der Waals surface area (Å²) in [5.41, 5.74) is 2.15. The number of nitrogens with zero attached hydrogens (tertiary/aromatic N) is 2. The Morgan fingerprint density at radius 3 is 2.48 bits per heavy atom. The molecule has 0 spiro atoms. The number of anilines is 2. The van der Waals surface area contributed by atoms with E-state index < -0.39 is 0 Å². The van der Waals surface area contributed by atoms with E-state index in [0.29, 0.717) is 25.2 Å². The predicted molar refractivity (Wildman–Crippen MR) is 115 cm³/mol. The molecule has 2 aromatic carbocycles. The van der Waals surface area contributed by atoms with Crippen molar-refractivity contribution in [2.45, 2.75) is 6.54 Å². The minimum atomic E-state index is -0.110. The van der Waals surface area contributed by atoms with E-state index >= 15 is 0 Å². The molecule has 4 rings (SSSR count). The second-order valence-electron chi connectivity index (χ2n) is 6.60. The molecule has 1 N–H and O–H groups in total. The van der Waals surface area contributed by atoms with Gasteiger partial charge in [0.05, 0.1) is 13.7 Å². The summed E-state index contributed by atoms with van der Waals surface area (Å²) in [5, 5.41) is 4.78. The Hall–Kier alpha value is -3.32. The van der Waals surface area contributed by atoms with Crippen LogP contribution in [0.25, 0.3) is 0 Å². The predicted octanol–water partition coefficient (Wildman–Crippen LogP) is 4.13. The van der Waals surface area contributed by atoms with Crippen molar-refractivity contribution < 1.29 is 14.3 Å². The number of methoxy groups -OCH3 is 1. The molecule has 0 bridgehead atoms. The molecule has 0 radical (unpaired) electrons. The molecule has 0 atom stereocenters. The average Bonchev–Trinajstić information content (AvgIpc) is 3.43. The fourth-order valence-corrected chi connectivity index (χ4v) is 3.95. The molecule has 1 fully saturated rings. The van der Waals surface area contributed by atoms with Gasteiger partial charge < -0.3 is 15.0 Å². The molecular formula is C22H21N3O3S. The Morgan fingerprint density at radius 1 is 1.14 bits per heavy atom. The Morgan fingerprint density at radius 2 is 1.90 bits per heavy atom. The molecule has 148 valence electrons. The van der Waals surface area contributed by atoms with E-state index in [1.54, 1.807) is 40.4 Å². The lowest BCUT2D eigenvalue weighted by Crippen LogP contribution is -2.30. The van der Waals surface area contributed by atoms with E-state index in [0.717, 1.165) is 22.0 Å². The molecule has 6 nitrogen and oxygen atoms in total. The zero-order chi connectivity index (χ0) is 20.2. The van der Waals surface area contributed by atoms with Gasteiger partial charge in [0, 0.05) is 34.9 Å². The van der Waals surface area contributed by atoms with Crippen molar-refractivity contribution in [3.63, 3.8) is 0 Å². The monoisotopic (exact) mass is 407 g/mol. The van der Waals surface area contributed by atoms with Crippen LogP contribution in [0.4, 0.5) is 16.2 Å². The van der Waals surface area contributed by atoms with Crippen LogP contribution in [0.15, 0.2) is 66.0 Å². The van der Waals surface area contributed by atoms with E-state index in [9.17, 15) is 9.59 Å². The average molecular weight is 407 g/mol. The van der Waals surface area contributed by atoms with Crippen LogP contribution in [0.3, 0.4) is 0 Å². The van der Waals surface area contributed by atoms with E-state index in [-0.39, 0.29) is 11.9 Å². The Bertz CT molecular complexity index is 985. The van der Waals surface area contributed by atoms with Crippen molar-refractivity contribution in [2.75, 3.05) is 30.0 Å². The molecule has 1 aromatic heterocycles. The van der Waals surface area contributed by atoms with E-state index in [4.69, 9.17) is 4.74 Å². The second-order valence-corrected chi connectivity index (χ2v) is 7.63. The number of hydrogen-bond acceptors (Lipinski definition) is 4. The summed E-state index contributed by atoms with van der Waals surface area (Å²) in [4.78, 5) is 29.7. The number of amides is 3. The van der Waals surface area contributed by atoms with Gasteiger partial charge in [-0.3, -0.25) is 9.69 Å². The largest absolute Gasteiger partial charge is 0.497 e. The molecule has 3 amide bonds. The van der Waals surface area contributed by atoms with Gasteiger partial charge in [-0.25, -0.2) is 4.79 Å². The van der Waals surface area contributed by atoms with Crippen LogP contribution in [0.5, 0.6) is 5.75 Å². The third-order valence-corrected chi connectivity index (χ3v) is 5.67. The smallest absolute Gasteiger partial charge is 0.321 e. The maximum atomic E-state index is 13.3. The van der Waals surface area contributed by atoms with Crippen LogP contribution in [0, 0.1) is 0 Å². The van der Waals surface area contributed by atoms with Crippen LogP contribution < -0.4 is 19.9 Å². The normalized spacial score (nSPS) is 13.3.